The number of nitrogens with zero attached hydrogens (tertiary/aromatic N) is 2. The molecule has 5 nitrogen and oxygen atoms in total. The van der Waals surface area contributed by atoms with Gasteiger partial charge in [0.15, 0.2) is 0 Å². The molecule has 1 amide bonds. The smallest absolute Gasteiger partial charge is 0.409 e. The number of benzene rings is 2. The zero-order chi connectivity index (χ0) is 23.3. The second-order valence-corrected chi connectivity index (χ2v) is 9.83. The Labute approximate surface area is 202 Å². The second-order valence-electron chi connectivity index (χ2n) is 9.40. The van der Waals surface area contributed by atoms with E-state index in [0.717, 1.165) is 67.9 Å². The lowest BCUT2D eigenvalue weighted by atomic mass is 9.68. The van der Waals surface area contributed by atoms with Gasteiger partial charge in [-0.1, -0.05) is 61.3 Å². The Hall–Kier alpha value is -2.08. The number of hydrogen-bond acceptors (Lipinski definition) is 4. The third kappa shape index (κ3) is 5.89. The molecule has 1 atom stereocenters. The number of halogens is 1. The molecule has 6 heteroatoms. The molecule has 33 heavy (non-hydrogen) atoms. The summed E-state index contributed by atoms with van der Waals surface area (Å²) < 4.78 is 5.36. The van der Waals surface area contributed by atoms with Crippen molar-refractivity contribution < 1.29 is 14.6 Å². The molecule has 2 fully saturated rings. The molecule has 1 N–H and O–H groups in total. The van der Waals surface area contributed by atoms with Gasteiger partial charge in [-0.05, 0) is 54.5 Å². The molecule has 0 bridgehead atoms. The molecule has 2 aromatic carbocycles. The van der Waals surface area contributed by atoms with Crippen molar-refractivity contribution in [2.75, 3.05) is 39.3 Å². The average Bonchev–Trinajstić information content (AvgIpc) is 2.82. The zero-order valence-electron chi connectivity index (χ0n) is 19.5. The third-order valence-corrected chi connectivity index (χ3v) is 7.37. The van der Waals surface area contributed by atoms with E-state index in [1.807, 2.05) is 18.2 Å². The van der Waals surface area contributed by atoms with Crippen molar-refractivity contribution in [1.29, 1.82) is 0 Å². The van der Waals surface area contributed by atoms with Crippen LogP contribution < -0.4 is 0 Å². The summed E-state index contributed by atoms with van der Waals surface area (Å²) in [5.74, 6) is 0.0581. The van der Waals surface area contributed by atoms with Crippen LogP contribution in [0.1, 0.15) is 50.5 Å². The standard InChI is InChI=1S/C27H35ClN2O3/c1-2-3-18-33-26(31)30-16-14-29(15-17-30)20-25(27(32)12-5-13-27)22-10-8-21(9-11-22)23-6-4-7-24(28)19-23/h4,6-11,19,25,32H,2-3,5,12-18,20H2,1H3. The van der Waals surface area contributed by atoms with E-state index >= 15 is 0 Å². The summed E-state index contributed by atoms with van der Waals surface area (Å²) in [6.07, 6.45) is 4.49. The van der Waals surface area contributed by atoms with Crippen molar-refractivity contribution in [2.45, 2.75) is 50.5 Å². The Morgan fingerprint density at radius 2 is 1.82 bits per heavy atom. The summed E-state index contributed by atoms with van der Waals surface area (Å²) in [5.41, 5.74) is 2.74. The zero-order valence-corrected chi connectivity index (χ0v) is 20.3. The molecule has 1 saturated carbocycles. The fraction of sp³-hybridized carbons (Fsp3) is 0.519. The Balaban J connectivity index is 1.40. The van der Waals surface area contributed by atoms with Crippen molar-refractivity contribution >= 4 is 17.7 Å². The summed E-state index contributed by atoms with van der Waals surface area (Å²) in [6.45, 7) is 6.32. The van der Waals surface area contributed by atoms with Gasteiger partial charge in [0.1, 0.15) is 0 Å². The van der Waals surface area contributed by atoms with Gasteiger partial charge in [-0.15, -0.1) is 0 Å². The molecule has 178 valence electrons. The minimum atomic E-state index is -0.645. The van der Waals surface area contributed by atoms with Gasteiger partial charge >= 0.3 is 6.09 Å². The molecule has 2 aliphatic rings. The Morgan fingerprint density at radius 1 is 1.09 bits per heavy atom. The predicted molar refractivity (Wildman–Crippen MR) is 133 cm³/mol. The highest BCUT2D eigenvalue weighted by Crippen LogP contribution is 2.44. The highest BCUT2D eigenvalue weighted by molar-refractivity contribution is 6.30. The van der Waals surface area contributed by atoms with E-state index in [9.17, 15) is 9.90 Å². The van der Waals surface area contributed by atoms with Gasteiger partial charge in [0, 0.05) is 43.7 Å². The van der Waals surface area contributed by atoms with Crippen molar-refractivity contribution in [3.8, 4) is 11.1 Å². The van der Waals surface area contributed by atoms with Gasteiger partial charge in [0.25, 0.3) is 0 Å². The van der Waals surface area contributed by atoms with Crippen LogP contribution in [0, 0.1) is 0 Å². The molecule has 2 aromatic rings. The molecule has 1 heterocycles. The van der Waals surface area contributed by atoms with E-state index in [4.69, 9.17) is 16.3 Å². The Bertz CT molecular complexity index is 921. The van der Waals surface area contributed by atoms with Crippen LogP contribution in [0.2, 0.25) is 5.02 Å². The van der Waals surface area contributed by atoms with E-state index in [-0.39, 0.29) is 12.0 Å². The number of ether oxygens (including phenoxy) is 1. The van der Waals surface area contributed by atoms with Gasteiger partial charge in [-0.2, -0.15) is 0 Å². The van der Waals surface area contributed by atoms with Crippen molar-refractivity contribution in [3.63, 3.8) is 0 Å². The first kappa shape index (κ1) is 24.1. The maximum Gasteiger partial charge on any atom is 0.409 e. The molecule has 0 radical (unpaired) electrons. The first-order chi connectivity index (χ1) is 16.0. The lowest BCUT2D eigenvalue weighted by Crippen LogP contribution is -2.53. The van der Waals surface area contributed by atoms with Gasteiger partial charge in [0.05, 0.1) is 12.2 Å². The van der Waals surface area contributed by atoms with E-state index in [1.165, 1.54) is 5.56 Å². The summed E-state index contributed by atoms with van der Waals surface area (Å²) >= 11 is 6.16. The van der Waals surface area contributed by atoms with Crippen molar-refractivity contribution in [3.05, 3.63) is 59.1 Å². The summed E-state index contributed by atoms with van der Waals surface area (Å²) in [7, 11) is 0. The van der Waals surface area contributed by atoms with E-state index < -0.39 is 5.60 Å². The minimum Gasteiger partial charge on any atom is -0.449 e. The van der Waals surface area contributed by atoms with E-state index in [1.54, 1.807) is 4.90 Å². The number of rotatable bonds is 8. The van der Waals surface area contributed by atoms with Crippen LogP contribution >= 0.6 is 11.6 Å². The maximum absolute atomic E-state index is 12.2. The molecular weight excluding hydrogens is 436 g/mol. The van der Waals surface area contributed by atoms with Crippen molar-refractivity contribution in [2.24, 2.45) is 0 Å². The first-order valence-electron chi connectivity index (χ1n) is 12.2. The highest BCUT2D eigenvalue weighted by atomic mass is 35.5. The lowest BCUT2D eigenvalue weighted by Gasteiger charge is -2.46. The minimum absolute atomic E-state index is 0.0581. The predicted octanol–water partition coefficient (Wildman–Crippen LogP) is 5.56. The summed E-state index contributed by atoms with van der Waals surface area (Å²) in [6, 6.07) is 16.4. The molecule has 1 aliphatic carbocycles. The molecule has 1 saturated heterocycles. The largest absolute Gasteiger partial charge is 0.449 e. The van der Waals surface area contributed by atoms with Crippen LogP contribution in [0.25, 0.3) is 11.1 Å². The number of aliphatic hydroxyl groups is 1. The molecular formula is C27H35ClN2O3. The number of carbonyl (C=O) groups is 1. The van der Waals surface area contributed by atoms with Crippen LogP contribution in [-0.4, -0.2) is 65.9 Å². The fourth-order valence-electron chi connectivity index (χ4n) is 4.82. The Morgan fingerprint density at radius 3 is 2.42 bits per heavy atom. The molecule has 1 unspecified atom stereocenters. The molecule has 0 aromatic heterocycles. The number of hydrogen-bond donors (Lipinski definition) is 1. The van der Waals surface area contributed by atoms with Crippen LogP contribution in [0.3, 0.4) is 0 Å². The molecule has 1 aliphatic heterocycles. The fourth-order valence-corrected chi connectivity index (χ4v) is 5.01. The van der Waals surface area contributed by atoms with Crippen LogP contribution in [-0.2, 0) is 4.74 Å². The Kier molecular flexibility index (Phi) is 7.94. The van der Waals surface area contributed by atoms with Gasteiger partial charge in [-0.25, -0.2) is 4.79 Å². The topological polar surface area (TPSA) is 53.0 Å². The van der Waals surface area contributed by atoms with Gasteiger partial charge in [-0.3, -0.25) is 4.90 Å². The number of unbranched alkanes of at least 4 members (excludes halogenated alkanes) is 1. The third-order valence-electron chi connectivity index (χ3n) is 7.13. The lowest BCUT2D eigenvalue weighted by molar-refractivity contribution is -0.0667. The van der Waals surface area contributed by atoms with Crippen LogP contribution in [0.15, 0.2) is 48.5 Å². The number of piperazine rings is 1. The first-order valence-corrected chi connectivity index (χ1v) is 12.6. The number of carbonyl (C=O) groups excluding carboxylic acids is 1. The van der Waals surface area contributed by atoms with Crippen LogP contribution in [0.5, 0.6) is 0 Å². The SMILES string of the molecule is CCCCOC(=O)N1CCN(CC(c2ccc(-c3cccc(Cl)c3)cc2)C2(O)CCC2)CC1. The summed E-state index contributed by atoms with van der Waals surface area (Å²) in [5, 5.41) is 12.0. The number of amides is 1. The second kappa shape index (κ2) is 10.9. The molecule has 0 spiro atoms. The average molecular weight is 471 g/mol. The molecule has 4 rings (SSSR count). The monoisotopic (exact) mass is 470 g/mol. The maximum atomic E-state index is 12.2. The van der Waals surface area contributed by atoms with Gasteiger partial charge in [0.2, 0.25) is 0 Å². The van der Waals surface area contributed by atoms with E-state index in [2.05, 4.69) is 42.2 Å². The van der Waals surface area contributed by atoms with E-state index in [0.29, 0.717) is 19.7 Å². The normalized spacial score (nSPS) is 19.1. The van der Waals surface area contributed by atoms with Gasteiger partial charge < -0.3 is 14.7 Å². The van der Waals surface area contributed by atoms with Crippen LogP contribution in [0.4, 0.5) is 4.79 Å². The summed E-state index contributed by atoms with van der Waals surface area (Å²) in [4.78, 5) is 16.4. The quantitative estimate of drug-likeness (QED) is 0.513. The highest BCUT2D eigenvalue weighted by Gasteiger charge is 2.43. The van der Waals surface area contributed by atoms with Crippen molar-refractivity contribution in [1.82, 2.24) is 9.80 Å².